The number of hydrogen-bond donors (Lipinski definition) is 0. The van der Waals surface area contributed by atoms with E-state index in [-0.39, 0.29) is 33.3 Å². The average molecular weight is 454 g/mol. The Labute approximate surface area is 186 Å². The molecule has 0 atom stereocenters. The van der Waals surface area contributed by atoms with Crippen molar-refractivity contribution in [2.45, 2.75) is 26.2 Å². The molecule has 0 unspecified atom stereocenters. The quantitative estimate of drug-likeness (QED) is 0.329. The van der Waals surface area contributed by atoms with Crippen LogP contribution in [-0.2, 0) is 7.05 Å². The van der Waals surface area contributed by atoms with Gasteiger partial charge in [0.2, 0.25) is 5.65 Å². The number of anilines is 2. The van der Waals surface area contributed by atoms with Gasteiger partial charge in [-0.2, -0.15) is 0 Å². The van der Waals surface area contributed by atoms with Gasteiger partial charge in [-0.25, -0.2) is 32.2 Å². The molecule has 33 heavy (non-hydrogen) atoms. The Morgan fingerprint density at radius 1 is 1.21 bits per heavy atom. The number of halogens is 4. The first-order valence-corrected chi connectivity index (χ1v) is 10.3. The first-order valence-electron chi connectivity index (χ1n) is 10.3. The number of alkyl halides is 2. The monoisotopic (exact) mass is 454 g/mol. The molecule has 1 fully saturated rings. The lowest BCUT2D eigenvalue weighted by Gasteiger charge is -2.25. The van der Waals surface area contributed by atoms with Crippen LogP contribution in [0.4, 0.5) is 29.1 Å². The third kappa shape index (κ3) is 3.84. The normalized spacial score (nSPS) is 14.5. The maximum atomic E-state index is 15.1. The molecule has 3 aromatic heterocycles. The maximum absolute atomic E-state index is 15.1. The molecule has 0 spiro atoms. The van der Waals surface area contributed by atoms with Crippen molar-refractivity contribution >= 4 is 33.4 Å². The summed E-state index contributed by atoms with van der Waals surface area (Å²) in [4.78, 5) is 9.65. The predicted molar refractivity (Wildman–Crippen MR) is 115 cm³/mol. The SMILES string of the molecule is Cn1nnc2nc(N(CC(F)F)c3ccnc(C#CC4(C)CC4)c3)c3c(F)c(F)ccc3c21. The zero-order valence-corrected chi connectivity index (χ0v) is 17.8. The standard InChI is InChI=1S/C23H18F4N6/c1-23(8-9-23)7-5-13-11-14(6-10-28-13)33(12-17(25)26)22-18-15(3-4-16(24)19(18)27)20-21(29-22)30-31-32(20)2/h3-4,6,10-11,17H,8-9,12H2,1-2H3. The van der Waals surface area contributed by atoms with Crippen molar-refractivity contribution in [3.8, 4) is 11.8 Å². The minimum Gasteiger partial charge on any atom is -0.320 e. The van der Waals surface area contributed by atoms with Gasteiger partial charge < -0.3 is 4.90 Å². The smallest absolute Gasteiger partial charge is 0.256 e. The van der Waals surface area contributed by atoms with Crippen LogP contribution < -0.4 is 4.90 Å². The van der Waals surface area contributed by atoms with Gasteiger partial charge in [0.25, 0.3) is 6.43 Å². The Morgan fingerprint density at radius 3 is 2.73 bits per heavy atom. The van der Waals surface area contributed by atoms with E-state index in [9.17, 15) is 13.2 Å². The number of aryl methyl sites for hydroxylation is 1. The Bertz CT molecular complexity index is 1450. The molecule has 0 N–H and O–H groups in total. The van der Waals surface area contributed by atoms with Gasteiger partial charge in [0.05, 0.1) is 11.9 Å². The number of nitrogens with zero attached hydrogens (tertiary/aromatic N) is 6. The first-order chi connectivity index (χ1) is 15.8. The van der Waals surface area contributed by atoms with Crippen molar-refractivity contribution in [2.24, 2.45) is 12.5 Å². The summed E-state index contributed by atoms with van der Waals surface area (Å²) in [7, 11) is 1.59. The molecule has 6 nitrogen and oxygen atoms in total. The van der Waals surface area contributed by atoms with Gasteiger partial charge in [-0.3, -0.25) is 0 Å². The van der Waals surface area contributed by atoms with Crippen LogP contribution in [0, 0.1) is 28.9 Å². The minimum atomic E-state index is -2.79. The van der Waals surface area contributed by atoms with Gasteiger partial charge in [0.15, 0.2) is 11.6 Å². The van der Waals surface area contributed by atoms with Crippen molar-refractivity contribution in [3.05, 3.63) is 47.8 Å². The van der Waals surface area contributed by atoms with Gasteiger partial charge in [-0.05, 0) is 50.0 Å². The largest absolute Gasteiger partial charge is 0.320 e. The summed E-state index contributed by atoms with van der Waals surface area (Å²) in [5.41, 5.74) is 1.10. The van der Waals surface area contributed by atoms with E-state index in [0.717, 1.165) is 23.8 Å². The third-order valence-corrected chi connectivity index (χ3v) is 5.72. The topological polar surface area (TPSA) is 59.7 Å². The molecule has 0 bridgehead atoms. The molecule has 1 aliphatic carbocycles. The molecule has 3 heterocycles. The summed E-state index contributed by atoms with van der Waals surface area (Å²) >= 11 is 0. The molecule has 5 rings (SSSR count). The van der Waals surface area contributed by atoms with Crippen molar-refractivity contribution in [1.82, 2.24) is 25.0 Å². The molecule has 1 saturated carbocycles. The summed E-state index contributed by atoms with van der Waals surface area (Å²) in [6, 6.07) is 5.37. The second-order valence-corrected chi connectivity index (χ2v) is 8.32. The van der Waals surface area contributed by atoms with E-state index < -0.39 is 24.6 Å². The van der Waals surface area contributed by atoms with Gasteiger partial charge in [-0.15, -0.1) is 5.10 Å². The predicted octanol–water partition coefficient (Wildman–Crippen LogP) is 4.74. The Morgan fingerprint density at radius 2 is 2.00 bits per heavy atom. The number of rotatable bonds is 4. The molecule has 4 aromatic rings. The van der Waals surface area contributed by atoms with Gasteiger partial charge >= 0.3 is 0 Å². The molecule has 1 aliphatic rings. The molecule has 10 heteroatoms. The van der Waals surface area contributed by atoms with E-state index in [1.807, 2.05) is 6.92 Å². The number of hydrogen-bond acceptors (Lipinski definition) is 5. The van der Waals surface area contributed by atoms with E-state index in [1.165, 1.54) is 29.1 Å². The molecule has 0 saturated heterocycles. The van der Waals surface area contributed by atoms with Crippen molar-refractivity contribution in [3.63, 3.8) is 0 Å². The van der Waals surface area contributed by atoms with Crippen LogP contribution in [0.3, 0.4) is 0 Å². The van der Waals surface area contributed by atoms with Crippen LogP contribution in [0.1, 0.15) is 25.5 Å². The van der Waals surface area contributed by atoms with E-state index in [0.29, 0.717) is 11.2 Å². The van der Waals surface area contributed by atoms with Gasteiger partial charge in [-0.1, -0.05) is 11.1 Å². The van der Waals surface area contributed by atoms with Crippen LogP contribution in [0.25, 0.3) is 21.9 Å². The summed E-state index contributed by atoms with van der Waals surface area (Å²) in [6.07, 6.45) is 0.642. The van der Waals surface area contributed by atoms with Crippen molar-refractivity contribution < 1.29 is 17.6 Å². The number of fused-ring (bicyclic) bond motifs is 3. The zero-order valence-electron chi connectivity index (χ0n) is 17.8. The summed E-state index contributed by atoms with van der Waals surface area (Å²) in [6.45, 7) is 1.23. The Kier molecular flexibility index (Phi) is 4.92. The highest BCUT2D eigenvalue weighted by Crippen LogP contribution is 2.44. The van der Waals surface area contributed by atoms with Gasteiger partial charge in [0.1, 0.15) is 17.0 Å². The zero-order chi connectivity index (χ0) is 23.3. The molecular weight excluding hydrogens is 436 g/mol. The molecule has 0 radical (unpaired) electrons. The fraction of sp³-hybridized carbons (Fsp3) is 0.304. The molecule has 168 valence electrons. The van der Waals surface area contributed by atoms with Crippen LogP contribution in [0.5, 0.6) is 0 Å². The summed E-state index contributed by atoms with van der Waals surface area (Å²) < 4.78 is 58.0. The molecule has 0 aliphatic heterocycles. The lowest BCUT2D eigenvalue weighted by Crippen LogP contribution is -2.25. The van der Waals surface area contributed by atoms with Crippen LogP contribution in [0.2, 0.25) is 0 Å². The lowest BCUT2D eigenvalue weighted by atomic mass is 10.1. The number of pyridine rings is 2. The summed E-state index contributed by atoms with van der Waals surface area (Å²) in [5, 5.41) is 7.87. The second-order valence-electron chi connectivity index (χ2n) is 8.32. The Hall–Kier alpha value is -3.74. The van der Waals surface area contributed by atoms with E-state index in [1.54, 1.807) is 7.05 Å². The molecular formula is C23H18F4N6. The van der Waals surface area contributed by atoms with Crippen LogP contribution in [0.15, 0.2) is 30.5 Å². The van der Waals surface area contributed by atoms with Crippen LogP contribution >= 0.6 is 0 Å². The van der Waals surface area contributed by atoms with E-state index in [2.05, 4.69) is 32.1 Å². The van der Waals surface area contributed by atoms with E-state index >= 15 is 4.39 Å². The van der Waals surface area contributed by atoms with Crippen molar-refractivity contribution in [1.29, 1.82) is 0 Å². The number of benzene rings is 1. The molecule has 0 amide bonds. The lowest BCUT2D eigenvalue weighted by molar-refractivity contribution is 0.158. The fourth-order valence-corrected chi connectivity index (χ4v) is 3.67. The average Bonchev–Trinajstić information content (AvgIpc) is 3.42. The number of aromatic nitrogens is 5. The Balaban J connectivity index is 1.74. The molecule has 1 aromatic carbocycles. The highest BCUT2D eigenvalue weighted by atomic mass is 19.3. The van der Waals surface area contributed by atoms with Crippen molar-refractivity contribution in [2.75, 3.05) is 11.4 Å². The fourth-order valence-electron chi connectivity index (χ4n) is 3.67. The van der Waals surface area contributed by atoms with Crippen LogP contribution in [-0.4, -0.2) is 37.9 Å². The summed E-state index contributed by atoms with van der Waals surface area (Å²) in [5.74, 6) is 3.64. The minimum absolute atomic E-state index is 0.0459. The maximum Gasteiger partial charge on any atom is 0.256 e. The highest BCUT2D eigenvalue weighted by molar-refractivity contribution is 6.08. The third-order valence-electron chi connectivity index (χ3n) is 5.72. The highest BCUT2D eigenvalue weighted by Gasteiger charge is 2.35. The van der Waals surface area contributed by atoms with Gasteiger partial charge in [0, 0.05) is 29.7 Å². The van der Waals surface area contributed by atoms with E-state index in [4.69, 9.17) is 0 Å². The second kappa shape index (κ2) is 7.69. The first kappa shape index (κ1) is 21.1.